The van der Waals surface area contributed by atoms with Crippen LogP contribution >= 0.6 is 31.9 Å². The fourth-order valence-electron chi connectivity index (χ4n) is 6.36. The molecule has 2 aliphatic heterocycles. The lowest BCUT2D eigenvalue weighted by molar-refractivity contribution is -0.165. The first-order chi connectivity index (χ1) is 18.7. The second-order valence-electron chi connectivity index (χ2n) is 11.2. The van der Waals surface area contributed by atoms with Gasteiger partial charge >= 0.3 is 0 Å². The largest absolute Gasteiger partial charge is 0.273 e. The van der Waals surface area contributed by atoms with Gasteiger partial charge in [-0.25, -0.2) is 15.0 Å². The number of anilines is 1. The monoisotopic (exact) mass is 648 g/mol. The van der Waals surface area contributed by atoms with Gasteiger partial charge in [0.1, 0.15) is 0 Å². The first kappa shape index (κ1) is 26.4. The molecule has 8 heteroatoms. The third-order valence-electron chi connectivity index (χ3n) is 8.25. The van der Waals surface area contributed by atoms with Gasteiger partial charge in [0.05, 0.1) is 11.4 Å². The molecule has 1 saturated carbocycles. The molecule has 39 heavy (non-hydrogen) atoms. The number of hydrogen-bond donors (Lipinski definition) is 0. The van der Waals surface area contributed by atoms with Crippen LogP contribution in [0.4, 0.5) is 5.69 Å². The van der Waals surface area contributed by atoms with Crippen LogP contribution in [-0.2, 0) is 16.1 Å². The van der Waals surface area contributed by atoms with E-state index < -0.39 is 11.1 Å². The Hall–Kier alpha value is -2.81. The molecule has 2 fully saturated rings. The van der Waals surface area contributed by atoms with Gasteiger partial charge in [0.25, 0.3) is 5.91 Å². The lowest BCUT2D eigenvalue weighted by Gasteiger charge is -2.42. The predicted molar refractivity (Wildman–Crippen MR) is 160 cm³/mol. The van der Waals surface area contributed by atoms with Crippen LogP contribution in [0.3, 0.4) is 0 Å². The second-order valence-corrected chi connectivity index (χ2v) is 13.0. The van der Waals surface area contributed by atoms with E-state index in [0.717, 1.165) is 44.3 Å². The number of amides is 2. The molecule has 0 spiro atoms. The maximum absolute atomic E-state index is 15.0. The molecule has 1 aliphatic carbocycles. The molecule has 0 N–H and O–H groups in total. The number of halogens is 2. The molecule has 2 heterocycles. The van der Waals surface area contributed by atoms with Gasteiger partial charge in [-0.3, -0.25) is 9.59 Å². The van der Waals surface area contributed by atoms with Gasteiger partial charge in [0, 0.05) is 33.4 Å². The van der Waals surface area contributed by atoms with Crippen LogP contribution in [0.1, 0.15) is 50.7 Å². The van der Waals surface area contributed by atoms with E-state index in [0.29, 0.717) is 13.0 Å². The Balaban J connectivity index is 1.46. The molecule has 2 amide bonds. The number of carbonyl (C=O) groups excluding carboxylic acids is 2. The summed E-state index contributed by atoms with van der Waals surface area (Å²) in [4.78, 5) is 28.6. The quantitative estimate of drug-likeness (QED) is 0.281. The van der Waals surface area contributed by atoms with Crippen LogP contribution in [0.2, 0.25) is 0 Å². The second kappa shape index (κ2) is 9.98. The summed E-state index contributed by atoms with van der Waals surface area (Å²) >= 11 is 7.07. The Kier molecular flexibility index (Phi) is 6.76. The zero-order valence-corrected chi connectivity index (χ0v) is 25.2. The van der Waals surface area contributed by atoms with Gasteiger partial charge in [-0.05, 0) is 80.6 Å². The van der Waals surface area contributed by atoms with E-state index in [1.54, 1.807) is 0 Å². The number of imide groups is 1. The summed E-state index contributed by atoms with van der Waals surface area (Å²) in [7, 11) is 0. The van der Waals surface area contributed by atoms with Crippen molar-refractivity contribution in [1.29, 1.82) is 0 Å². The van der Waals surface area contributed by atoms with Crippen LogP contribution < -0.4 is 5.01 Å². The van der Waals surface area contributed by atoms with Gasteiger partial charge in [0.2, 0.25) is 5.91 Å². The summed E-state index contributed by atoms with van der Waals surface area (Å²) in [6.07, 6.45) is 2.62. The Morgan fingerprint density at radius 2 is 1.59 bits per heavy atom. The number of benzene rings is 3. The lowest BCUT2D eigenvalue weighted by Crippen LogP contribution is -2.62. The lowest BCUT2D eigenvalue weighted by atomic mass is 9.81. The highest BCUT2D eigenvalue weighted by molar-refractivity contribution is 9.10. The number of hydrazone groups is 1. The molecule has 6 rings (SSSR count). The molecule has 0 radical (unpaired) electrons. The zero-order chi connectivity index (χ0) is 27.4. The summed E-state index contributed by atoms with van der Waals surface area (Å²) in [5, 5.41) is 10.5. The molecule has 6 nitrogen and oxygen atoms in total. The number of fused-ring (bicyclic) bond motifs is 1. The number of hydrogen-bond acceptors (Lipinski definition) is 5. The standard InChI is InChI=1S/C31H30Br2N4O2/c1-30(2)19-27(38)36(35(30)20-21-7-4-3-5-8-21)29(39)31-18-6-9-26(31)28(22-10-12-23(32)13-11-22)34-37(31)25-16-14-24(33)15-17-25/h3-5,7-8,10-17,26H,6,9,18-20H2,1-2H3/t26-,31-/m1/s1. The number of nitrogens with zero attached hydrogens (tertiary/aromatic N) is 4. The van der Waals surface area contributed by atoms with E-state index in [4.69, 9.17) is 5.10 Å². The molecule has 3 aromatic carbocycles. The zero-order valence-electron chi connectivity index (χ0n) is 22.0. The molecule has 1 saturated heterocycles. The normalized spacial score (nSPS) is 24.3. The Morgan fingerprint density at radius 3 is 2.26 bits per heavy atom. The molecular weight excluding hydrogens is 620 g/mol. The molecular formula is C31H30Br2N4O2. The summed E-state index contributed by atoms with van der Waals surface area (Å²) in [6.45, 7) is 4.55. The van der Waals surface area contributed by atoms with E-state index in [9.17, 15) is 9.59 Å². The summed E-state index contributed by atoms with van der Waals surface area (Å²) in [5.41, 5.74) is 2.31. The maximum Gasteiger partial charge on any atom is 0.272 e. The fraction of sp³-hybridized carbons (Fsp3) is 0.323. The van der Waals surface area contributed by atoms with Crippen molar-refractivity contribution in [3.63, 3.8) is 0 Å². The van der Waals surface area contributed by atoms with Crippen LogP contribution in [0.5, 0.6) is 0 Å². The number of rotatable bonds is 5. The van der Waals surface area contributed by atoms with E-state index in [1.807, 2.05) is 103 Å². The van der Waals surface area contributed by atoms with Crippen molar-refractivity contribution < 1.29 is 9.59 Å². The topological polar surface area (TPSA) is 56.2 Å². The van der Waals surface area contributed by atoms with E-state index in [-0.39, 0.29) is 24.2 Å². The Bertz CT molecular complexity index is 1440. The van der Waals surface area contributed by atoms with Crippen molar-refractivity contribution in [3.8, 4) is 0 Å². The molecule has 0 bridgehead atoms. The van der Waals surface area contributed by atoms with Crippen molar-refractivity contribution in [2.45, 2.75) is 57.2 Å². The van der Waals surface area contributed by atoms with Crippen LogP contribution in [0, 0.1) is 5.92 Å². The van der Waals surface area contributed by atoms with Gasteiger partial charge in [-0.1, -0.05) is 74.3 Å². The Labute approximate surface area is 245 Å². The van der Waals surface area contributed by atoms with Crippen molar-refractivity contribution in [3.05, 3.63) is 98.9 Å². The SMILES string of the molecule is CC1(C)CC(=O)N(C(=O)[C@@]23CCC[C@@H]2C(c2ccc(Br)cc2)=NN3c2ccc(Br)cc2)N1Cc1ccccc1. The molecule has 3 aliphatic rings. The first-order valence-corrected chi connectivity index (χ1v) is 14.9. The summed E-state index contributed by atoms with van der Waals surface area (Å²) in [5.74, 6) is -0.478. The third-order valence-corrected chi connectivity index (χ3v) is 9.31. The molecule has 200 valence electrons. The van der Waals surface area contributed by atoms with Crippen molar-refractivity contribution in [1.82, 2.24) is 10.0 Å². The highest BCUT2D eigenvalue weighted by Crippen LogP contribution is 2.51. The fourth-order valence-corrected chi connectivity index (χ4v) is 6.89. The third kappa shape index (κ3) is 4.46. The molecule has 0 aromatic heterocycles. The highest BCUT2D eigenvalue weighted by atomic mass is 79.9. The highest BCUT2D eigenvalue weighted by Gasteiger charge is 2.63. The Morgan fingerprint density at radius 1 is 0.949 bits per heavy atom. The first-order valence-electron chi connectivity index (χ1n) is 13.3. The molecule has 3 aromatic rings. The van der Waals surface area contributed by atoms with Crippen LogP contribution in [0.25, 0.3) is 0 Å². The number of hydrazine groups is 1. The molecule has 2 atom stereocenters. The minimum Gasteiger partial charge on any atom is -0.273 e. The average molecular weight is 650 g/mol. The van der Waals surface area contributed by atoms with Crippen molar-refractivity contribution in [2.24, 2.45) is 11.0 Å². The van der Waals surface area contributed by atoms with E-state index >= 15 is 0 Å². The summed E-state index contributed by atoms with van der Waals surface area (Å²) in [6, 6.07) is 26.1. The average Bonchev–Trinajstić information content (AvgIpc) is 3.55. The summed E-state index contributed by atoms with van der Waals surface area (Å²) < 4.78 is 1.95. The van der Waals surface area contributed by atoms with Gasteiger partial charge in [-0.15, -0.1) is 0 Å². The van der Waals surface area contributed by atoms with E-state index in [2.05, 4.69) is 31.9 Å². The van der Waals surface area contributed by atoms with Crippen molar-refractivity contribution in [2.75, 3.05) is 5.01 Å². The smallest absolute Gasteiger partial charge is 0.272 e. The minimum atomic E-state index is -0.985. The molecule has 0 unspecified atom stereocenters. The minimum absolute atomic E-state index is 0.134. The maximum atomic E-state index is 15.0. The van der Waals surface area contributed by atoms with Crippen molar-refractivity contribution >= 4 is 55.1 Å². The van der Waals surface area contributed by atoms with Gasteiger partial charge in [-0.2, -0.15) is 5.10 Å². The van der Waals surface area contributed by atoms with Gasteiger partial charge in [0.15, 0.2) is 5.54 Å². The number of carbonyl (C=O) groups is 2. The van der Waals surface area contributed by atoms with Crippen LogP contribution in [-0.4, -0.2) is 38.6 Å². The van der Waals surface area contributed by atoms with Crippen LogP contribution in [0.15, 0.2) is 92.9 Å². The predicted octanol–water partition coefficient (Wildman–Crippen LogP) is 6.93. The van der Waals surface area contributed by atoms with Gasteiger partial charge < -0.3 is 0 Å². The van der Waals surface area contributed by atoms with E-state index in [1.165, 1.54) is 5.01 Å².